The zero-order valence-electron chi connectivity index (χ0n) is 10.3. The molecular formula is C14H20N2O. The first-order chi connectivity index (χ1) is 8.25. The van der Waals surface area contributed by atoms with Crippen LogP contribution in [0, 0.1) is 12.8 Å². The Morgan fingerprint density at radius 3 is 2.65 bits per heavy atom. The minimum absolute atomic E-state index is 0.0386. The van der Waals surface area contributed by atoms with Crippen LogP contribution >= 0.6 is 0 Å². The largest absolute Gasteiger partial charge is 0.352 e. The van der Waals surface area contributed by atoms with Crippen molar-refractivity contribution in [1.29, 1.82) is 0 Å². The summed E-state index contributed by atoms with van der Waals surface area (Å²) in [6.45, 7) is 5.09. The monoisotopic (exact) mass is 232 g/mol. The number of aryl methyl sites for hydroxylation is 1. The van der Waals surface area contributed by atoms with Gasteiger partial charge in [-0.1, -0.05) is 17.7 Å². The first-order valence-corrected chi connectivity index (χ1v) is 6.31. The molecule has 1 heterocycles. The molecule has 3 nitrogen and oxygen atoms in total. The van der Waals surface area contributed by atoms with Gasteiger partial charge in [0.05, 0.1) is 0 Å². The highest BCUT2D eigenvalue weighted by Gasteiger charge is 2.15. The van der Waals surface area contributed by atoms with Crippen molar-refractivity contribution in [3.05, 3.63) is 35.4 Å². The van der Waals surface area contributed by atoms with Gasteiger partial charge in [0.2, 0.25) is 0 Å². The predicted octanol–water partition coefficient (Wildman–Crippen LogP) is 1.72. The average Bonchev–Trinajstić information content (AvgIpc) is 2.27. The van der Waals surface area contributed by atoms with Crippen molar-refractivity contribution in [2.45, 2.75) is 19.8 Å². The van der Waals surface area contributed by atoms with E-state index in [-0.39, 0.29) is 5.91 Å². The predicted molar refractivity (Wildman–Crippen MR) is 69.1 cm³/mol. The molecule has 1 fully saturated rings. The smallest absolute Gasteiger partial charge is 0.251 e. The van der Waals surface area contributed by atoms with Gasteiger partial charge in [0.15, 0.2) is 0 Å². The molecule has 0 saturated carbocycles. The molecule has 0 atom stereocenters. The third-order valence-electron chi connectivity index (χ3n) is 3.25. The van der Waals surface area contributed by atoms with E-state index in [1.165, 1.54) is 12.0 Å². The van der Waals surface area contributed by atoms with E-state index >= 15 is 0 Å². The van der Waals surface area contributed by atoms with Gasteiger partial charge in [0.1, 0.15) is 0 Å². The maximum absolute atomic E-state index is 11.8. The molecule has 1 aliphatic rings. The third kappa shape index (κ3) is 3.56. The van der Waals surface area contributed by atoms with Gasteiger partial charge < -0.3 is 10.6 Å². The van der Waals surface area contributed by atoms with Crippen LogP contribution in [0.2, 0.25) is 0 Å². The maximum Gasteiger partial charge on any atom is 0.251 e. The minimum Gasteiger partial charge on any atom is -0.352 e. The summed E-state index contributed by atoms with van der Waals surface area (Å²) in [5.41, 5.74) is 1.93. The summed E-state index contributed by atoms with van der Waals surface area (Å²) >= 11 is 0. The summed E-state index contributed by atoms with van der Waals surface area (Å²) < 4.78 is 0. The fourth-order valence-corrected chi connectivity index (χ4v) is 1.95. The second kappa shape index (κ2) is 5.82. The normalized spacial score (nSPS) is 15.4. The fourth-order valence-electron chi connectivity index (χ4n) is 1.95. The summed E-state index contributed by atoms with van der Waals surface area (Å²) in [4.78, 5) is 11.8. The molecule has 1 aromatic rings. The van der Waals surface area contributed by atoms with E-state index in [4.69, 9.17) is 0 Å². The van der Waals surface area contributed by atoms with E-state index in [0.29, 0.717) is 0 Å². The zero-order chi connectivity index (χ0) is 12.1. The molecule has 0 aromatic heterocycles. The van der Waals surface area contributed by atoms with Gasteiger partial charge in [-0.25, -0.2) is 0 Å². The summed E-state index contributed by atoms with van der Waals surface area (Å²) in [7, 11) is 0. The molecular weight excluding hydrogens is 212 g/mol. The van der Waals surface area contributed by atoms with Crippen molar-refractivity contribution >= 4 is 5.91 Å². The van der Waals surface area contributed by atoms with Gasteiger partial charge in [-0.2, -0.15) is 0 Å². The van der Waals surface area contributed by atoms with E-state index in [2.05, 4.69) is 10.6 Å². The molecule has 1 aliphatic heterocycles. The van der Waals surface area contributed by atoms with Crippen LogP contribution in [0.1, 0.15) is 28.8 Å². The Bertz CT molecular complexity index is 368. The van der Waals surface area contributed by atoms with Crippen molar-refractivity contribution in [2.24, 2.45) is 5.92 Å². The van der Waals surface area contributed by atoms with Crippen LogP contribution < -0.4 is 10.6 Å². The van der Waals surface area contributed by atoms with Gasteiger partial charge in [-0.3, -0.25) is 4.79 Å². The molecule has 92 valence electrons. The lowest BCUT2D eigenvalue weighted by Gasteiger charge is -2.26. The summed E-state index contributed by atoms with van der Waals surface area (Å²) in [6, 6.07) is 7.69. The molecule has 1 aromatic carbocycles. The second-order valence-electron chi connectivity index (χ2n) is 4.79. The number of hydrogen-bond acceptors (Lipinski definition) is 2. The molecule has 0 bridgehead atoms. The number of hydrogen-bond donors (Lipinski definition) is 2. The van der Waals surface area contributed by atoms with Crippen LogP contribution in [0.15, 0.2) is 24.3 Å². The van der Waals surface area contributed by atoms with Crippen molar-refractivity contribution < 1.29 is 4.79 Å². The number of carbonyl (C=O) groups excluding carboxylic acids is 1. The Kier molecular flexibility index (Phi) is 4.15. The molecule has 0 spiro atoms. The van der Waals surface area contributed by atoms with E-state index in [1.807, 2.05) is 31.2 Å². The average molecular weight is 232 g/mol. The van der Waals surface area contributed by atoms with E-state index in [9.17, 15) is 4.79 Å². The van der Waals surface area contributed by atoms with Gasteiger partial charge in [0.25, 0.3) is 5.91 Å². The molecule has 3 heteroatoms. The maximum atomic E-state index is 11.8. The fraction of sp³-hybridized carbons (Fsp3) is 0.500. The highest BCUT2D eigenvalue weighted by atomic mass is 16.1. The topological polar surface area (TPSA) is 41.1 Å². The number of carbonyl (C=O) groups is 1. The first-order valence-electron chi connectivity index (χ1n) is 6.31. The molecule has 2 N–H and O–H groups in total. The van der Waals surface area contributed by atoms with Crippen LogP contribution in [0.3, 0.4) is 0 Å². The van der Waals surface area contributed by atoms with E-state index in [0.717, 1.165) is 37.5 Å². The highest BCUT2D eigenvalue weighted by molar-refractivity contribution is 5.94. The van der Waals surface area contributed by atoms with Crippen LogP contribution in [-0.4, -0.2) is 25.5 Å². The SMILES string of the molecule is Cc1ccc(C(=O)NCCCC2CNC2)cc1. The Balaban J connectivity index is 1.67. The summed E-state index contributed by atoms with van der Waals surface area (Å²) in [6.07, 6.45) is 2.28. The number of benzene rings is 1. The van der Waals surface area contributed by atoms with Gasteiger partial charge in [0, 0.05) is 12.1 Å². The molecule has 0 unspecified atom stereocenters. The summed E-state index contributed by atoms with van der Waals surface area (Å²) in [5.74, 6) is 0.864. The van der Waals surface area contributed by atoms with E-state index in [1.54, 1.807) is 0 Å². The van der Waals surface area contributed by atoms with Gasteiger partial charge in [-0.15, -0.1) is 0 Å². The van der Waals surface area contributed by atoms with Crippen molar-refractivity contribution in [2.75, 3.05) is 19.6 Å². The van der Waals surface area contributed by atoms with Crippen LogP contribution in [0.4, 0.5) is 0 Å². The number of nitrogens with one attached hydrogen (secondary N) is 2. The quantitative estimate of drug-likeness (QED) is 0.759. The molecule has 0 radical (unpaired) electrons. The van der Waals surface area contributed by atoms with Crippen molar-refractivity contribution in [3.8, 4) is 0 Å². The number of amides is 1. The lowest BCUT2D eigenvalue weighted by molar-refractivity contribution is 0.0952. The molecule has 1 saturated heterocycles. The Morgan fingerprint density at radius 2 is 2.06 bits per heavy atom. The van der Waals surface area contributed by atoms with Crippen molar-refractivity contribution in [1.82, 2.24) is 10.6 Å². The standard InChI is InChI=1S/C14H20N2O/c1-11-4-6-13(7-5-11)14(17)16-8-2-3-12-9-15-10-12/h4-7,12,15H,2-3,8-10H2,1H3,(H,16,17). The van der Waals surface area contributed by atoms with E-state index < -0.39 is 0 Å². The Morgan fingerprint density at radius 1 is 1.35 bits per heavy atom. The Labute approximate surface area is 103 Å². The van der Waals surface area contributed by atoms with Crippen molar-refractivity contribution in [3.63, 3.8) is 0 Å². The number of rotatable bonds is 5. The zero-order valence-corrected chi connectivity index (χ0v) is 10.3. The molecule has 1 amide bonds. The second-order valence-corrected chi connectivity index (χ2v) is 4.79. The van der Waals surface area contributed by atoms with Crippen LogP contribution in [0.25, 0.3) is 0 Å². The van der Waals surface area contributed by atoms with Crippen LogP contribution in [-0.2, 0) is 0 Å². The lowest BCUT2D eigenvalue weighted by Crippen LogP contribution is -2.42. The molecule has 0 aliphatic carbocycles. The summed E-state index contributed by atoms with van der Waals surface area (Å²) in [5, 5.41) is 6.22. The Hall–Kier alpha value is -1.35. The third-order valence-corrected chi connectivity index (χ3v) is 3.25. The molecule has 2 rings (SSSR count). The molecule has 17 heavy (non-hydrogen) atoms. The van der Waals surface area contributed by atoms with Gasteiger partial charge >= 0.3 is 0 Å². The van der Waals surface area contributed by atoms with Gasteiger partial charge in [-0.05, 0) is 50.9 Å². The minimum atomic E-state index is 0.0386. The van der Waals surface area contributed by atoms with Crippen LogP contribution in [0.5, 0.6) is 0 Å². The lowest BCUT2D eigenvalue weighted by atomic mass is 9.97. The highest BCUT2D eigenvalue weighted by Crippen LogP contribution is 2.10. The first kappa shape index (κ1) is 12.1.